The maximum atomic E-state index is 13.2. The molecule has 0 heterocycles. The van der Waals surface area contributed by atoms with Crippen LogP contribution in [0, 0.1) is 0 Å². The summed E-state index contributed by atoms with van der Waals surface area (Å²) in [6.45, 7) is 3.68. The molecule has 2 aromatic rings. The Morgan fingerprint density at radius 1 is 1.14 bits per heavy atom. The zero-order valence-corrected chi connectivity index (χ0v) is 15.8. The summed E-state index contributed by atoms with van der Waals surface area (Å²) in [6.07, 6.45) is 3.12. The first-order valence-electron chi connectivity index (χ1n) is 8.19. The number of methoxy groups -OCH3 is 1. The van der Waals surface area contributed by atoms with Crippen LogP contribution < -0.4 is 9.64 Å². The highest BCUT2D eigenvalue weighted by Crippen LogP contribution is 2.30. The van der Waals surface area contributed by atoms with E-state index in [1.54, 1.807) is 30.3 Å². The lowest BCUT2D eigenvalue weighted by Gasteiger charge is -2.23. The van der Waals surface area contributed by atoms with Crippen molar-refractivity contribution in [2.45, 2.75) is 0 Å². The molecule has 0 aliphatic carbocycles. The van der Waals surface area contributed by atoms with E-state index in [1.807, 2.05) is 0 Å². The maximum Gasteiger partial charge on any atom is 0.328 e. The van der Waals surface area contributed by atoms with Crippen molar-refractivity contribution in [2.75, 3.05) is 18.6 Å². The molecule has 2 rings (SSSR count). The third-order valence-electron chi connectivity index (χ3n) is 3.79. The van der Waals surface area contributed by atoms with Crippen LogP contribution in [-0.2, 0) is 9.59 Å². The summed E-state index contributed by atoms with van der Waals surface area (Å²) >= 11 is 6.09. The number of carbonyl (C=O) groups is 3. The molecule has 0 radical (unpaired) electrons. The largest absolute Gasteiger partial charge is 0.496 e. The standard InChI is InChI=1S/C21H18ClNO5/c1-3-12-23(19(24)10-11-20(25)26)17-9-8-14(22)13-16(17)21(27)15-6-4-5-7-18(15)28-2/h3-11,13H,1,12H2,2H3,(H,25,26)/b11-10+. The fraction of sp³-hybridized carbons (Fsp3) is 0.0952. The van der Waals surface area contributed by atoms with Gasteiger partial charge in [-0.15, -0.1) is 6.58 Å². The molecule has 0 aliphatic rings. The Labute approximate surface area is 167 Å². The molecule has 144 valence electrons. The van der Waals surface area contributed by atoms with Crippen molar-refractivity contribution in [2.24, 2.45) is 0 Å². The number of rotatable bonds is 8. The number of hydrogen-bond donors (Lipinski definition) is 1. The molecule has 0 saturated heterocycles. The van der Waals surface area contributed by atoms with Gasteiger partial charge < -0.3 is 14.7 Å². The van der Waals surface area contributed by atoms with Gasteiger partial charge in [-0.2, -0.15) is 0 Å². The van der Waals surface area contributed by atoms with Crippen LogP contribution in [0.3, 0.4) is 0 Å². The molecule has 7 heteroatoms. The third kappa shape index (κ3) is 4.86. The van der Waals surface area contributed by atoms with Gasteiger partial charge in [-0.1, -0.05) is 29.8 Å². The quantitative estimate of drug-likeness (QED) is 0.415. The molecular formula is C21H18ClNO5. The first-order chi connectivity index (χ1) is 13.4. The second-order valence-electron chi connectivity index (χ2n) is 5.60. The van der Waals surface area contributed by atoms with E-state index in [2.05, 4.69) is 6.58 Å². The van der Waals surface area contributed by atoms with Crippen LogP contribution in [0.5, 0.6) is 5.75 Å². The Bertz CT molecular complexity index is 952. The summed E-state index contributed by atoms with van der Waals surface area (Å²) in [5, 5.41) is 9.08. The summed E-state index contributed by atoms with van der Waals surface area (Å²) < 4.78 is 5.25. The van der Waals surface area contributed by atoms with Gasteiger partial charge in [0, 0.05) is 29.3 Å². The summed E-state index contributed by atoms with van der Waals surface area (Å²) in [5.74, 6) is -1.88. The maximum absolute atomic E-state index is 13.2. The number of carbonyl (C=O) groups excluding carboxylic acids is 2. The molecular weight excluding hydrogens is 382 g/mol. The number of halogens is 1. The number of benzene rings is 2. The second-order valence-corrected chi connectivity index (χ2v) is 6.04. The average molecular weight is 400 g/mol. The highest BCUT2D eigenvalue weighted by Gasteiger charge is 2.23. The summed E-state index contributed by atoms with van der Waals surface area (Å²) in [4.78, 5) is 37.7. The zero-order valence-electron chi connectivity index (χ0n) is 15.1. The minimum Gasteiger partial charge on any atom is -0.496 e. The van der Waals surface area contributed by atoms with Gasteiger partial charge in [0.1, 0.15) is 5.75 Å². The van der Waals surface area contributed by atoms with E-state index in [0.29, 0.717) is 16.3 Å². The minimum atomic E-state index is -1.26. The lowest BCUT2D eigenvalue weighted by Crippen LogP contribution is -2.31. The van der Waals surface area contributed by atoms with Gasteiger partial charge in [0.25, 0.3) is 5.91 Å². The molecule has 0 saturated carbocycles. The van der Waals surface area contributed by atoms with Crippen molar-refractivity contribution in [3.63, 3.8) is 0 Å². The van der Waals surface area contributed by atoms with E-state index < -0.39 is 11.9 Å². The molecule has 6 nitrogen and oxygen atoms in total. The Hall–Kier alpha value is -3.38. The number of ketones is 1. The molecule has 28 heavy (non-hydrogen) atoms. The number of amides is 1. The SMILES string of the molecule is C=CCN(C(=O)/C=C/C(=O)O)c1ccc(Cl)cc1C(=O)c1ccccc1OC. The van der Waals surface area contributed by atoms with E-state index in [9.17, 15) is 14.4 Å². The minimum absolute atomic E-state index is 0.0661. The molecule has 1 N–H and O–H groups in total. The predicted molar refractivity (Wildman–Crippen MR) is 107 cm³/mol. The summed E-state index contributed by atoms with van der Waals surface area (Å²) in [7, 11) is 1.45. The molecule has 0 spiro atoms. The van der Waals surface area contributed by atoms with Crippen LogP contribution in [-0.4, -0.2) is 36.4 Å². The van der Waals surface area contributed by atoms with Crippen molar-refractivity contribution in [3.8, 4) is 5.75 Å². The fourth-order valence-electron chi connectivity index (χ4n) is 2.57. The van der Waals surface area contributed by atoms with Crippen LogP contribution in [0.1, 0.15) is 15.9 Å². The lowest BCUT2D eigenvalue weighted by atomic mass is 10.00. The van der Waals surface area contributed by atoms with Gasteiger partial charge in [0.05, 0.1) is 18.4 Å². The second kappa shape index (κ2) is 9.53. The first-order valence-corrected chi connectivity index (χ1v) is 8.57. The molecule has 0 aromatic heterocycles. The van der Waals surface area contributed by atoms with Gasteiger partial charge in [-0.05, 0) is 30.3 Å². The van der Waals surface area contributed by atoms with E-state index in [0.717, 1.165) is 12.2 Å². The van der Waals surface area contributed by atoms with Crippen LogP contribution in [0.2, 0.25) is 5.02 Å². The van der Waals surface area contributed by atoms with Gasteiger partial charge in [-0.3, -0.25) is 9.59 Å². The van der Waals surface area contributed by atoms with Gasteiger partial charge >= 0.3 is 5.97 Å². The highest BCUT2D eigenvalue weighted by atomic mass is 35.5. The van der Waals surface area contributed by atoms with Crippen LogP contribution >= 0.6 is 11.6 Å². The zero-order chi connectivity index (χ0) is 20.7. The van der Waals surface area contributed by atoms with Crippen molar-refractivity contribution < 1.29 is 24.2 Å². The Morgan fingerprint density at radius 3 is 2.50 bits per heavy atom. The molecule has 0 fully saturated rings. The number of hydrogen-bond acceptors (Lipinski definition) is 4. The van der Waals surface area contributed by atoms with E-state index in [-0.39, 0.29) is 23.6 Å². The van der Waals surface area contributed by atoms with Crippen molar-refractivity contribution in [1.82, 2.24) is 0 Å². The number of carboxylic acid groups (broad SMARTS) is 1. The fourth-order valence-corrected chi connectivity index (χ4v) is 2.74. The number of nitrogens with zero attached hydrogens (tertiary/aromatic N) is 1. The van der Waals surface area contributed by atoms with Crippen molar-refractivity contribution in [3.05, 3.63) is 83.4 Å². The first kappa shape index (κ1) is 20.9. The monoisotopic (exact) mass is 399 g/mol. The summed E-state index contributed by atoms with van der Waals surface area (Å²) in [5.41, 5.74) is 0.761. The van der Waals surface area contributed by atoms with Crippen molar-refractivity contribution in [1.29, 1.82) is 0 Å². The molecule has 1 amide bonds. The number of para-hydroxylation sites is 1. The number of aliphatic carboxylic acids is 1. The van der Waals surface area contributed by atoms with Crippen LogP contribution in [0.15, 0.2) is 67.3 Å². The van der Waals surface area contributed by atoms with Gasteiger partial charge in [-0.25, -0.2) is 4.79 Å². The number of anilines is 1. The Kier molecular flexibility index (Phi) is 7.12. The van der Waals surface area contributed by atoms with E-state index >= 15 is 0 Å². The Morgan fingerprint density at radius 2 is 1.86 bits per heavy atom. The van der Waals surface area contributed by atoms with E-state index in [1.165, 1.54) is 30.2 Å². The van der Waals surface area contributed by atoms with Crippen LogP contribution in [0.25, 0.3) is 0 Å². The molecule has 0 aliphatic heterocycles. The topological polar surface area (TPSA) is 83.9 Å². The molecule has 2 aromatic carbocycles. The Balaban J connectivity index is 2.58. The summed E-state index contributed by atoms with van der Waals surface area (Å²) in [6, 6.07) is 11.2. The third-order valence-corrected chi connectivity index (χ3v) is 4.03. The van der Waals surface area contributed by atoms with Crippen LogP contribution in [0.4, 0.5) is 5.69 Å². The lowest BCUT2D eigenvalue weighted by molar-refractivity contribution is -0.131. The number of carboxylic acids is 1. The predicted octanol–water partition coefficient (Wildman–Crippen LogP) is 3.74. The molecule has 0 atom stereocenters. The van der Waals surface area contributed by atoms with Gasteiger partial charge in [0.15, 0.2) is 5.78 Å². The van der Waals surface area contributed by atoms with E-state index in [4.69, 9.17) is 21.4 Å². The highest BCUT2D eigenvalue weighted by molar-refractivity contribution is 6.31. The normalized spacial score (nSPS) is 10.5. The van der Waals surface area contributed by atoms with Crippen molar-refractivity contribution >= 4 is 34.9 Å². The molecule has 0 bridgehead atoms. The smallest absolute Gasteiger partial charge is 0.328 e. The van der Waals surface area contributed by atoms with Gasteiger partial charge in [0.2, 0.25) is 0 Å². The molecule has 0 unspecified atom stereocenters. The average Bonchev–Trinajstić information content (AvgIpc) is 2.69. The number of ether oxygens (including phenoxy) is 1.